The molecule has 2 aliphatic rings. The number of hydrogen-bond acceptors (Lipinski definition) is 5. The molecular formula is C18H20N4O4S. The minimum atomic E-state index is -3.57. The third-order valence-electron chi connectivity index (χ3n) is 4.16. The van der Waals surface area contributed by atoms with Crippen molar-refractivity contribution in [1.82, 2.24) is 10.2 Å². The van der Waals surface area contributed by atoms with Crippen molar-refractivity contribution < 1.29 is 18.0 Å². The fraction of sp³-hybridized carbons (Fsp3) is 0.278. The summed E-state index contributed by atoms with van der Waals surface area (Å²) < 4.78 is 27.4. The molecule has 0 aliphatic carbocycles. The molecule has 0 spiro atoms. The van der Waals surface area contributed by atoms with Crippen LogP contribution < -0.4 is 10.6 Å². The predicted octanol–water partition coefficient (Wildman–Crippen LogP) is 1.32. The molecule has 0 radical (unpaired) electrons. The molecule has 1 aromatic rings. The zero-order chi connectivity index (χ0) is 19.6. The van der Waals surface area contributed by atoms with E-state index in [0.29, 0.717) is 5.69 Å². The maximum atomic E-state index is 12.7. The number of fused-ring (bicyclic) bond motifs is 1. The van der Waals surface area contributed by atoms with E-state index in [1.54, 1.807) is 48.4 Å². The standard InChI is InChI=1S/C18H20N4O4S/c1-12(14-5-3-6-15(11-14)20-13(2)23)19-18(24)16-7-4-8-22-9-10-27(25,26)21-17(16)22/h3-8,11-12H,9-10H2,1-2H3,(H,19,24)(H,20,23). The lowest BCUT2D eigenvalue weighted by molar-refractivity contribution is -0.117. The van der Waals surface area contributed by atoms with Crippen LogP contribution in [-0.2, 0) is 19.6 Å². The molecule has 2 aliphatic heterocycles. The predicted molar refractivity (Wildman–Crippen MR) is 102 cm³/mol. The van der Waals surface area contributed by atoms with Crippen LogP contribution in [0.25, 0.3) is 0 Å². The number of benzene rings is 1. The van der Waals surface area contributed by atoms with Gasteiger partial charge in [-0.15, -0.1) is 4.40 Å². The van der Waals surface area contributed by atoms with Crippen molar-refractivity contribution in [3.05, 3.63) is 53.8 Å². The Labute approximate surface area is 157 Å². The minimum Gasteiger partial charge on any atom is -0.345 e. The van der Waals surface area contributed by atoms with Gasteiger partial charge in [0.05, 0.1) is 17.4 Å². The van der Waals surface area contributed by atoms with E-state index in [1.165, 1.54) is 6.92 Å². The molecule has 0 saturated heterocycles. The van der Waals surface area contributed by atoms with E-state index in [1.807, 2.05) is 6.07 Å². The van der Waals surface area contributed by atoms with Gasteiger partial charge in [0, 0.05) is 25.4 Å². The van der Waals surface area contributed by atoms with Crippen LogP contribution in [0.4, 0.5) is 5.69 Å². The van der Waals surface area contributed by atoms with Crippen LogP contribution in [0.15, 0.2) is 52.6 Å². The van der Waals surface area contributed by atoms with Crippen LogP contribution in [0.2, 0.25) is 0 Å². The molecule has 2 amide bonds. The first-order valence-electron chi connectivity index (χ1n) is 8.42. The van der Waals surface area contributed by atoms with Crippen LogP contribution in [0.1, 0.15) is 25.5 Å². The summed E-state index contributed by atoms with van der Waals surface area (Å²) >= 11 is 0. The summed E-state index contributed by atoms with van der Waals surface area (Å²) in [4.78, 5) is 25.6. The number of nitrogens with one attached hydrogen (secondary N) is 2. The lowest BCUT2D eigenvalue weighted by atomic mass is 10.1. The summed E-state index contributed by atoms with van der Waals surface area (Å²) in [5.74, 6) is -0.542. The van der Waals surface area contributed by atoms with Crippen molar-refractivity contribution >= 4 is 33.4 Å². The van der Waals surface area contributed by atoms with E-state index >= 15 is 0 Å². The summed E-state index contributed by atoms with van der Waals surface area (Å²) in [6.45, 7) is 3.49. The fourth-order valence-electron chi connectivity index (χ4n) is 2.84. The number of hydrogen-bond donors (Lipinski definition) is 2. The van der Waals surface area contributed by atoms with Gasteiger partial charge in [0.1, 0.15) is 0 Å². The van der Waals surface area contributed by atoms with Gasteiger partial charge in [0.2, 0.25) is 5.91 Å². The van der Waals surface area contributed by atoms with Crippen molar-refractivity contribution in [3.63, 3.8) is 0 Å². The molecule has 0 aromatic heterocycles. The van der Waals surface area contributed by atoms with Crippen LogP contribution in [0.3, 0.4) is 0 Å². The Morgan fingerprint density at radius 3 is 2.81 bits per heavy atom. The molecule has 0 fully saturated rings. The third kappa shape index (κ3) is 4.43. The quantitative estimate of drug-likeness (QED) is 0.809. The van der Waals surface area contributed by atoms with Gasteiger partial charge in [-0.3, -0.25) is 9.59 Å². The highest BCUT2D eigenvalue weighted by Gasteiger charge is 2.30. The second-order valence-electron chi connectivity index (χ2n) is 6.32. The summed E-state index contributed by atoms with van der Waals surface area (Å²) in [5.41, 5.74) is 1.64. The van der Waals surface area contributed by atoms with E-state index in [9.17, 15) is 18.0 Å². The molecule has 142 valence electrons. The van der Waals surface area contributed by atoms with Crippen LogP contribution in [0.5, 0.6) is 0 Å². The molecule has 2 N–H and O–H groups in total. The second-order valence-corrected chi connectivity index (χ2v) is 8.07. The number of rotatable bonds is 4. The first-order valence-corrected chi connectivity index (χ1v) is 10.0. The monoisotopic (exact) mass is 388 g/mol. The van der Waals surface area contributed by atoms with E-state index in [-0.39, 0.29) is 35.7 Å². The average molecular weight is 388 g/mol. The number of amidine groups is 1. The maximum Gasteiger partial charge on any atom is 0.256 e. The number of allylic oxidation sites excluding steroid dienone is 2. The van der Waals surface area contributed by atoms with Crippen molar-refractivity contribution in [2.75, 3.05) is 17.6 Å². The Bertz CT molecular complexity index is 979. The summed E-state index contributed by atoms with van der Waals surface area (Å²) in [7, 11) is -3.57. The Balaban J connectivity index is 1.79. The summed E-state index contributed by atoms with van der Waals surface area (Å²) in [6.07, 6.45) is 4.94. The lowest BCUT2D eigenvalue weighted by Crippen LogP contribution is -2.42. The number of carbonyl (C=O) groups is 2. The zero-order valence-corrected chi connectivity index (χ0v) is 15.8. The number of carbonyl (C=O) groups excluding carboxylic acids is 2. The second kappa shape index (κ2) is 7.36. The normalized spacial score (nSPS) is 18.7. The van der Waals surface area contributed by atoms with Crippen molar-refractivity contribution in [3.8, 4) is 0 Å². The number of anilines is 1. The molecule has 8 nitrogen and oxygen atoms in total. The topological polar surface area (TPSA) is 108 Å². The minimum absolute atomic E-state index is 0.0813. The van der Waals surface area contributed by atoms with Gasteiger partial charge in [-0.2, -0.15) is 0 Å². The third-order valence-corrected chi connectivity index (χ3v) is 5.31. The van der Waals surface area contributed by atoms with E-state index in [2.05, 4.69) is 15.0 Å². The zero-order valence-electron chi connectivity index (χ0n) is 15.0. The summed E-state index contributed by atoms with van der Waals surface area (Å²) in [6, 6.07) is 6.79. The summed E-state index contributed by atoms with van der Waals surface area (Å²) in [5, 5.41) is 5.55. The van der Waals surface area contributed by atoms with Gasteiger partial charge < -0.3 is 15.5 Å². The van der Waals surface area contributed by atoms with E-state index in [4.69, 9.17) is 0 Å². The van der Waals surface area contributed by atoms with Crippen LogP contribution >= 0.6 is 0 Å². The Morgan fingerprint density at radius 1 is 1.30 bits per heavy atom. The van der Waals surface area contributed by atoms with Crippen LogP contribution in [0, 0.1) is 0 Å². The largest absolute Gasteiger partial charge is 0.345 e. The molecule has 1 aromatic carbocycles. The van der Waals surface area contributed by atoms with Gasteiger partial charge in [-0.1, -0.05) is 12.1 Å². The SMILES string of the molecule is CC(=O)Nc1cccc(C(C)NC(=O)C2=CC=CN3CCS(=O)(=O)N=C23)c1. The molecule has 0 bridgehead atoms. The van der Waals surface area contributed by atoms with Gasteiger partial charge in [-0.05, 0) is 36.8 Å². The number of sulfonamides is 1. The van der Waals surface area contributed by atoms with E-state index < -0.39 is 15.9 Å². The molecule has 1 atom stereocenters. The van der Waals surface area contributed by atoms with Crippen molar-refractivity contribution in [2.24, 2.45) is 4.40 Å². The van der Waals surface area contributed by atoms with Crippen molar-refractivity contribution in [1.29, 1.82) is 0 Å². The fourth-order valence-corrected chi connectivity index (χ4v) is 3.83. The molecule has 1 unspecified atom stereocenters. The molecule has 2 heterocycles. The number of amides is 2. The Hall–Kier alpha value is -2.94. The highest BCUT2D eigenvalue weighted by atomic mass is 32.2. The van der Waals surface area contributed by atoms with Gasteiger partial charge in [0.25, 0.3) is 15.9 Å². The lowest BCUT2D eigenvalue weighted by Gasteiger charge is -2.29. The van der Waals surface area contributed by atoms with Gasteiger partial charge in [0.15, 0.2) is 5.84 Å². The smallest absolute Gasteiger partial charge is 0.256 e. The molecular weight excluding hydrogens is 368 g/mol. The molecule has 0 saturated carbocycles. The molecule has 9 heteroatoms. The Kier molecular flexibility index (Phi) is 5.13. The van der Waals surface area contributed by atoms with Crippen molar-refractivity contribution in [2.45, 2.75) is 19.9 Å². The van der Waals surface area contributed by atoms with Crippen LogP contribution in [-0.4, -0.2) is 43.3 Å². The number of nitrogens with zero attached hydrogens (tertiary/aromatic N) is 2. The highest BCUT2D eigenvalue weighted by Crippen LogP contribution is 2.21. The first kappa shape index (κ1) is 18.8. The van der Waals surface area contributed by atoms with Gasteiger partial charge in [-0.25, -0.2) is 8.42 Å². The average Bonchev–Trinajstić information content (AvgIpc) is 2.60. The van der Waals surface area contributed by atoms with E-state index in [0.717, 1.165) is 5.56 Å². The Morgan fingerprint density at radius 2 is 2.07 bits per heavy atom. The highest BCUT2D eigenvalue weighted by molar-refractivity contribution is 7.90. The van der Waals surface area contributed by atoms with Gasteiger partial charge >= 0.3 is 0 Å². The first-order chi connectivity index (χ1) is 12.7. The maximum absolute atomic E-state index is 12.7. The molecule has 3 rings (SSSR count). The molecule has 27 heavy (non-hydrogen) atoms.